The van der Waals surface area contributed by atoms with Crippen LogP contribution in [0.1, 0.15) is 37.4 Å². The zero-order chi connectivity index (χ0) is 27.1. The van der Waals surface area contributed by atoms with Gasteiger partial charge in [0.2, 0.25) is 0 Å². The number of hydrogen-bond acceptors (Lipinski definition) is 8. The SMILES string of the molecule is CCCOc1ccc([C@@H]2/C(=C(\O)c3ccc(OCC)cc3)C(=O)C(=O)N2CCN2CCOCC2)cc1OC. The highest BCUT2D eigenvalue weighted by atomic mass is 16.5. The van der Waals surface area contributed by atoms with Gasteiger partial charge in [-0.05, 0) is 55.3 Å². The molecule has 2 saturated heterocycles. The van der Waals surface area contributed by atoms with Crippen LogP contribution in [0.5, 0.6) is 17.2 Å². The molecule has 1 atom stereocenters. The first-order valence-electron chi connectivity index (χ1n) is 13.1. The summed E-state index contributed by atoms with van der Waals surface area (Å²) in [5, 5.41) is 11.3. The molecule has 4 rings (SSSR count). The number of aliphatic hydroxyl groups is 1. The smallest absolute Gasteiger partial charge is 0.295 e. The van der Waals surface area contributed by atoms with Gasteiger partial charge in [0.25, 0.3) is 11.7 Å². The Labute approximate surface area is 223 Å². The standard InChI is InChI=1S/C29H36N2O7/c1-4-16-38-23-11-8-21(19-24(23)35-3)26-25(27(32)20-6-9-22(10-7-20)37-5-2)28(33)29(34)31(26)13-12-30-14-17-36-18-15-30/h6-11,19,26,32H,4-5,12-18H2,1-3H3/b27-25+/t26-/m1/s1. The van der Waals surface area contributed by atoms with E-state index < -0.39 is 17.7 Å². The van der Waals surface area contributed by atoms with Gasteiger partial charge in [0, 0.05) is 31.7 Å². The van der Waals surface area contributed by atoms with Crippen LogP contribution < -0.4 is 14.2 Å². The van der Waals surface area contributed by atoms with Gasteiger partial charge in [0.1, 0.15) is 11.5 Å². The third kappa shape index (κ3) is 5.95. The second kappa shape index (κ2) is 12.8. The van der Waals surface area contributed by atoms with Crippen LogP contribution in [-0.4, -0.2) is 86.3 Å². The first kappa shape index (κ1) is 27.5. The molecule has 0 aliphatic carbocycles. The summed E-state index contributed by atoms with van der Waals surface area (Å²) in [6.45, 7) is 8.66. The number of morpholine rings is 1. The molecule has 1 N–H and O–H groups in total. The number of rotatable bonds is 11. The fraction of sp³-hybridized carbons (Fsp3) is 0.448. The molecule has 1 amide bonds. The van der Waals surface area contributed by atoms with Crippen molar-refractivity contribution in [3.8, 4) is 17.2 Å². The monoisotopic (exact) mass is 524 g/mol. The van der Waals surface area contributed by atoms with E-state index in [1.165, 1.54) is 0 Å². The lowest BCUT2D eigenvalue weighted by Crippen LogP contribution is -2.42. The molecule has 2 fully saturated rings. The maximum Gasteiger partial charge on any atom is 0.295 e. The number of methoxy groups -OCH3 is 1. The molecule has 0 spiro atoms. The first-order valence-corrected chi connectivity index (χ1v) is 13.1. The fourth-order valence-electron chi connectivity index (χ4n) is 4.75. The average molecular weight is 525 g/mol. The molecule has 2 aromatic carbocycles. The van der Waals surface area contributed by atoms with Gasteiger partial charge >= 0.3 is 0 Å². The second-order valence-corrected chi connectivity index (χ2v) is 9.16. The van der Waals surface area contributed by atoms with Crippen molar-refractivity contribution in [2.45, 2.75) is 26.3 Å². The van der Waals surface area contributed by atoms with Crippen molar-refractivity contribution in [3.05, 3.63) is 59.2 Å². The lowest BCUT2D eigenvalue weighted by molar-refractivity contribution is -0.140. The van der Waals surface area contributed by atoms with Crippen molar-refractivity contribution >= 4 is 17.4 Å². The van der Waals surface area contributed by atoms with Crippen LogP contribution in [0, 0.1) is 0 Å². The summed E-state index contributed by atoms with van der Waals surface area (Å²) in [4.78, 5) is 30.4. The van der Waals surface area contributed by atoms with Crippen LogP contribution in [0.3, 0.4) is 0 Å². The lowest BCUT2D eigenvalue weighted by atomic mass is 9.95. The number of likely N-dealkylation sites (tertiary alicyclic amines) is 1. The highest BCUT2D eigenvalue weighted by molar-refractivity contribution is 6.46. The molecule has 0 bridgehead atoms. The van der Waals surface area contributed by atoms with E-state index >= 15 is 0 Å². The predicted octanol–water partition coefficient (Wildman–Crippen LogP) is 3.64. The van der Waals surface area contributed by atoms with Crippen molar-refractivity contribution in [2.75, 3.05) is 59.7 Å². The Kier molecular flexibility index (Phi) is 9.25. The van der Waals surface area contributed by atoms with Crippen molar-refractivity contribution in [1.82, 2.24) is 9.80 Å². The molecule has 0 radical (unpaired) electrons. The molecule has 9 nitrogen and oxygen atoms in total. The summed E-state index contributed by atoms with van der Waals surface area (Å²) >= 11 is 0. The largest absolute Gasteiger partial charge is 0.507 e. The number of carbonyl (C=O) groups excluding carboxylic acids is 2. The van der Waals surface area contributed by atoms with Gasteiger partial charge in [-0.1, -0.05) is 13.0 Å². The minimum Gasteiger partial charge on any atom is -0.507 e. The molecule has 2 heterocycles. The van der Waals surface area contributed by atoms with Gasteiger partial charge < -0.3 is 29.0 Å². The number of ketones is 1. The number of amides is 1. The summed E-state index contributed by atoms with van der Waals surface area (Å²) in [6, 6.07) is 11.4. The van der Waals surface area contributed by atoms with Gasteiger partial charge in [-0.2, -0.15) is 0 Å². The summed E-state index contributed by atoms with van der Waals surface area (Å²) in [7, 11) is 1.55. The minimum absolute atomic E-state index is 0.0467. The predicted molar refractivity (Wildman–Crippen MR) is 143 cm³/mol. The van der Waals surface area contributed by atoms with E-state index in [0.717, 1.165) is 19.5 Å². The van der Waals surface area contributed by atoms with Gasteiger partial charge in [-0.15, -0.1) is 0 Å². The number of Topliss-reactive ketones (excluding diaryl/α,β-unsaturated/α-hetero) is 1. The van der Waals surface area contributed by atoms with E-state index in [1.54, 1.807) is 48.4 Å². The molecule has 2 aromatic rings. The van der Waals surface area contributed by atoms with E-state index in [4.69, 9.17) is 18.9 Å². The number of ether oxygens (including phenoxy) is 4. The Hall–Kier alpha value is -3.56. The molecule has 0 unspecified atom stereocenters. The Balaban J connectivity index is 1.74. The first-order chi connectivity index (χ1) is 18.5. The highest BCUT2D eigenvalue weighted by Gasteiger charge is 2.46. The topological polar surface area (TPSA) is 97.8 Å². The van der Waals surface area contributed by atoms with E-state index in [1.807, 2.05) is 19.9 Å². The fourth-order valence-corrected chi connectivity index (χ4v) is 4.75. The summed E-state index contributed by atoms with van der Waals surface area (Å²) in [5.41, 5.74) is 1.13. The second-order valence-electron chi connectivity index (χ2n) is 9.16. The Morgan fingerprint density at radius 1 is 1.00 bits per heavy atom. The average Bonchev–Trinajstić information content (AvgIpc) is 3.20. The molecule has 0 saturated carbocycles. The summed E-state index contributed by atoms with van der Waals surface area (Å²) in [6.07, 6.45) is 0.842. The van der Waals surface area contributed by atoms with Crippen molar-refractivity contribution in [3.63, 3.8) is 0 Å². The maximum atomic E-state index is 13.4. The Bertz CT molecular complexity index is 1160. The third-order valence-electron chi connectivity index (χ3n) is 6.70. The normalized spacial score (nSPS) is 19.6. The molecule has 38 heavy (non-hydrogen) atoms. The van der Waals surface area contributed by atoms with Crippen molar-refractivity contribution in [2.24, 2.45) is 0 Å². The number of nitrogens with zero attached hydrogens (tertiary/aromatic N) is 2. The van der Waals surface area contributed by atoms with Crippen LogP contribution in [0.25, 0.3) is 5.76 Å². The lowest BCUT2D eigenvalue weighted by Gasteiger charge is -2.31. The van der Waals surface area contributed by atoms with Crippen LogP contribution in [-0.2, 0) is 14.3 Å². The zero-order valence-electron chi connectivity index (χ0n) is 22.3. The molecule has 2 aliphatic heterocycles. The zero-order valence-corrected chi connectivity index (χ0v) is 22.3. The summed E-state index contributed by atoms with van der Waals surface area (Å²) < 4.78 is 22.3. The van der Waals surface area contributed by atoms with E-state index in [9.17, 15) is 14.7 Å². The molecule has 2 aliphatic rings. The Morgan fingerprint density at radius 3 is 2.39 bits per heavy atom. The number of benzene rings is 2. The van der Waals surface area contributed by atoms with E-state index in [2.05, 4.69) is 4.90 Å². The molecule has 204 valence electrons. The van der Waals surface area contributed by atoms with E-state index in [0.29, 0.717) is 67.9 Å². The van der Waals surface area contributed by atoms with Gasteiger partial charge in [0.15, 0.2) is 11.5 Å². The Morgan fingerprint density at radius 2 is 1.74 bits per heavy atom. The number of aliphatic hydroxyl groups excluding tert-OH is 1. The van der Waals surface area contributed by atoms with Crippen LogP contribution in [0.4, 0.5) is 0 Å². The van der Waals surface area contributed by atoms with Gasteiger partial charge in [0.05, 0.1) is 45.2 Å². The van der Waals surface area contributed by atoms with Crippen molar-refractivity contribution in [1.29, 1.82) is 0 Å². The van der Waals surface area contributed by atoms with Crippen LogP contribution in [0.2, 0.25) is 0 Å². The van der Waals surface area contributed by atoms with Gasteiger partial charge in [-0.3, -0.25) is 14.5 Å². The van der Waals surface area contributed by atoms with Crippen LogP contribution in [0.15, 0.2) is 48.0 Å². The number of hydrogen-bond donors (Lipinski definition) is 1. The molecular weight excluding hydrogens is 488 g/mol. The van der Waals surface area contributed by atoms with Crippen molar-refractivity contribution < 1.29 is 33.6 Å². The maximum absolute atomic E-state index is 13.4. The quantitative estimate of drug-likeness (QED) is 0.270. The molecule has 9 heteroatoms. The van der Waals surface area contributed by atoms with Crippen LogP contribution >= 0.6 is 0 Å². The third-order valence-corrected chi connectivity index (χ3v) is 6.70. The highest BCUT2D eigenvalue weighted by Crippen LogP contribution is 2.42. The molecular formula is C29H36N2O7. The van der Waals surface area contributed by atoms with Gasteiger partial charge in [-0.25, -0.2) is 0 Å². The summed E-state index contributed by atoms with van der Waals surface area (Å²) in [5.74, 6) is 0.148. The molecule has 0 aromatic heterocycles. The van der Waals surface area contributed by atoms with E-state index in [-0.39, 0.29) is 11.3 Å². The number of carbonyl (C=O) groups is 2. The minimum atomic E-state index is -0.781.